The normalized spacial score (nSPS) is 15.3. The average Bonchev–Trinajstić information content (AvgIpc) is 2.42. The van der Waals surface area contributed by atoms with E-state index in [0.29, 0.717) is 6.47 Å². The van der Waals surface area contributed by atoms with Gasteiger partial charge < -0.3 is 4.74 Å². The predicted molar refractivity (Wildman–Crippen MR) is 71.9 cm³/mol. The van der Waals surface area contributed by atoms with Gasteiger partial charge in [-0.15, -0.1) is 0 Å². The number of rotatable bonds is 2. The van der Waals surface area contributed by atoms with E-state index >= 15 is 0 Å². The van der Waals surface area contributed by atoms with Crippen molar-refractivity contribution in [2.24, 2.45) is 0 Å². The van der Waals surface area contributed by atoms with Crippen molar-refractivity contribution >= 4 is 34.0 Å². The number of methoxy groups -OCH3 is 1. The zero-order valence-electron chi connectivity index (χ0n) is 9.72. The van der Waals surface area contributed by atoms with Crippen LogP contribution < -0.4 is 0 Å². The van der Waals surface area contributed by atoms with Crippen LogP contribution in [0.15, 0.2) is 33.9 Å². The van der Waals surface area contributed by atoms with Gasteiger partial charge in [-0.3, -0.25) is 4.79 Å². The fourth-order valence-electron chi connectivity index (χ4n) is 1.16. The van der Waals surface area contributed by atoms with Crippen LogP contribution in [-0.2, 0) is 9.53 Å². The van der Waals surface area contributed by atoms with Crippen LogP contribution in [0.25, 0.3) is 0 Å². The monoisotopic (exact) mass is 306 g/mol. The first-order valence-electron chi connectivity index (χ1n) is 4.82. The van der Waals surface area contributed by atoms with Gasteiger partial charge in [-0.2, -0.15) is 0 Å². The minimum Gasteiger partial charge on any atom is -0.471 e. The first-order chi connectivity index (χ1) is 7.56. The zero-order valence-corrected chi connectivity index (χ0v) is 12.1. The number of allylic oxidation sites excluding steroid dienone is 6. The van der Waals surface area contributed by atoms with Gasteiger partial charge >= 0.3 is 0 Å². The quantitative estimate of drug-likeness (QED) is 0.570. The molecule has 90 valence electrons. The lowest BCUT2D eigenvalue weighted by Crippen LogP contribution is -1.88. The highest BCUT2D eigenvalue weighted by Gasteiger charge is 2.07. The highest BCUT2D eigenvalue weighted by molar-refractivity contribution is 9.09. The second-order valence-corrected chi connectivity index (χ2v) is 4.33. The van der Waals surface area contributed by atoms with Crippen molar-refractivity contribution < 1.29 is 9.53 Å². The Labute approximate surface area is 110 Å². The fourth-order valence-corrected chi connectivity index (χ4v) is 1.94. The largest absolute Gasteiger partial charge is 0.471 e. The SMILES string of the molecule is CC1=CCC(Cl)=C(C)C(CBr)=C1.COC=O. The van der Waals surface area contributed by atoms with Crippen molar-refractivity contribution in [3.05, 3.63) is 33.9 Å². The van der Waals surface area contributed by atoms with Gasteiger partial charge in [0.1, 0.15) is 0 Å². The van der Waals surface area contributed by atoms with Crippen LogP contribution >= 0.6 is 27.5 Å². The molecule has 0 aromatic heterocycles. The summed E-state index contributed by atoms with van der Waals surface area (Å²) in [5.74, 6) is 0. The van der Waals surface area contributed by atoms with Gasteiger partial charge in [-0.1, -0.05) is 45.3 Å². The van der Waals surface area contributed by atoms with Crippen molar-refractivity contribution in [2.45, 2.75) is 20.3 Å². The van der Waals surface area contributed by atoms with Gasteiger partial charge in [0.2, 0.25) is 0 Å². The smallest absolute Gasteiger partial charge is 0.292 e. The molecule has 0 atom stereocenters. The number of carbonyl (C=O) groups excluding carboxylic acids is 1. The highest BCUT2D eigenvalue weighted by atomic mass is 79.9. The van der Waals surface area contributed by atoms with E-state index in [1.54, 1.807) is 0 Å². The Morgan fingerprint density at radius 1 is 1.56 bits per heavy atom. The maximum atomic E-state index is 8.95. The molecule has 0 radical (unpaired) electrons. The van der Waals surface area contributed by atoms with Crippen LogP contribution in [0.5, 0.6) is 0 Å². The van der Waals surface area contributed by atoms with E-state index < -0.39 is 0 Å². The molecule has 0 spiro atoms. The van der Waals surface area contributed by atoms with Crippen LogP contribution in [0.1, 0.15) is 20.3 Å². The summed E-state index contributed by atoms with van der Waals surface area (Å²) in [6.07, 6.45) is 5.20. The van der Waals surface area contributed by atoms with Gasteiger partial charge in [0.25, 0.3) is 6.47 Å². The molecule has 1 aliphatic carbocycles. The van der Waals surface area contributed by atoms with Crippen molar-refractivity contribution in [1.82, 2.24) is 0 Å². The van der Waals surface area contributed by atoms with E-state index in [1.165, 1.54) is 23.8 Å². The Morgan fingerprint density at radius 2 is 2.12 bits per heavy atom. The summed E-state index contributed by atoms with van der Waals surface area (Å²) in [5.41, 5.74) is 3.78. The van der Waals surface area contributed by atoms with Crippen molar-refractivity contribution in [3.63, 3.8) is 0 Å². The van der Waals surface area contributed by atoms with E-state index in [2.05, 4.69) is 46.7 Å². The van der Waals surface area contributed by atoms with Crippen molar-refractivity contribution in [3.8, 4) is 0 Å². The summed E-state index contributed by atoms with van der Waals surface area (Å²) in [6, 6.07) is 0. The van der Waals surface area contributed by atoms with Crippen LogP contribution in [0, 0.1) is 0 Å². The second-order valence-electron chi connectivity index (χ2n) is 3.32. The number of carbonyl (C=O) groups is 1. The van der Waals surface area contributed by atoms with E-state index in [0.717, 1.165) is 16.8 Å². The van der Waals surface area contributed by atoms with E-state index in [4.69, 9.17) is 16.4 Å². The van der Waals surface area contributed by atoms with Gasteiger partial charge in [0.05, 0.1) is 7.11 Å². The molecule has 0 unspecified atom stereocenters. The molecular formula is C12H16BrClO2. The van der Waals surface area contributed by atoms with Gasteiger partial charge in [0.15, 0.2) is 0 Å². The van der Waals surface area contributed by atoms with Crippen LogP contribution in [-0.4, -0.2) is 18.9 Å². The number of hydrogen-bond acceptors (Lipinski definition) is 2. The Kier molecular flexibility index (Phi) is 8.30. The molecule has 2 nitrogen and oxygen atoms in total. The topological polar surface area (TPSA) is 26.3 Å². The number of halogens is 2. The summed E-state index contributed by atoms with van der Waals surface area (Å²) >= 11 is 9.54. The predicted octanol–water partition coefficient (Wildman–Crippen LogP) is 3.96. The maximum absolute atomic E-state index is 8.95. The molecule has 0 aromatic rings. The van der Waals surface area contributed by atoms with Crippen LogP contribution in [0.4, 0.5) is 0 Å². The summed E-state index contributed by atoms with van der Waals surface area (Å²) < 4.78 is 3.86. The van der Waals surface area contributed by atoms with Gasteiger partial charge in [-0.25, -0.2) is 0 Å². The molecule has 0 fully saturated rings. The summed E-state index contributed by atoms with van der Waals surface area (Å²) in [7, 11) is 1.31. The van der Waals surface area contributed by atoms with Gasteiger partial charge in [0, 0.05) is 16.8 Å². The Balaban J connectivity index is 0.000000487. The highest BCUT2D eigenvalue weighted by Crippen LogP contribution is 2.26. The molecule has 0 bridgehead atoms. The third-order valence-corrected chi connectivity index (χ3v) is 3.18. The standard InChI is InChI=1S/C10H12BrCl.C2H4O2/c1-7-3-4-10(12)8(2)9(5-7)6-11;1-4-2-3/h3,5H,4,6H2,1-2H3;2H,1H3. The first kappa shape index (κ1) is 15.5. The fraction of sp³-hybridized carbons (Fsp3) is 0.417. The van der Waals surface area contributed by atoms with Crippen molar-refractivity contribution in [1.29, 1.82) is 0 Å². The molecule has 0 aromatic carbocycles. The third-order valence-electron chi connectivity index (χ3n) is 2.13. The molecular weight excluding hydrogens is 291 g/mol. The summed E-state index contributed by atoms with van der Waals surface area (Å²) in [6.45, 7) is 4.55. The molecule has 0 saturated heterocycles. The minimum absolute atomic E-state index is 0.375. The lowest BCUT2D eigenvalue weighted by atomic mass is 10.1. The van der Waals surface area contributed by atoms with E-state index in [1.807, 2.05) is 0 Å². The van der Waals surface area contributed by atoms with E-state index in [9.17, 15) is 0 Å². The molecule has 4 heteroatoms. The summed E-state index contributed by atoms with van der Waals surface area (Å²) in [4.78, 5) is 8.95. The molecule has 1 aliphatic rings. The molecule has 1 rings (SSSR count). The number of alkyl halides is 1. The molecule has 16 heavy (non-hydrogen) atoms. The number of hydrogen-bond donors (Lipinski definition) is 0. The molecule has 0 amide bonds. The van der Waals surface area contributed by atoms with Crippen LogP contribution in [0.2, 0.25) is 0 Å². The van der Waals surface area contributed by atoms with Gasteiger partial charge in [-0.05, 0) is 25.0 Å². The lowest BCUT2D eigenvalue weighted by molar-refractivity contribution is -0.126. The third kappa shape index (κ3) is 5.52. The summed E-state index contributed by atoms with van der Waals surface area (Å²) in [5, 5.41) is 1.83. The minimum atomic E-state index is 0.375. The Morgan fingerprint density at radius 3 is 2.56 bits per heavy atom. The van der Waals surface area contributed by atoms with E-state index in [-0.39, 0.29) is 0 Å². The molecule has 0 heterocycles. The Bertz CT molecular complexity index is 330. The van der Waals surface area contributed by atoms with Crippen molar-refractivity contribution in [2.75, 3.05) is 12.4 Å². The second kappa shape index (κ2) is 8.59. The molecule has 0 aliphatic heterocycles. The van der Waals surface area contributed by atoms with Crippen LogP contribution in [0.3, 0.4) is 0 Å². The number of ether oxygens (including phenoxy) is 1. The Hall–Kier alpha value is -0.540. The zero-order chi connectivity index (χ0) is 12.6. The first-order valence-corrected chi connectivity index (χ1v) is 6.32. The average molecular weight is 308 g/mol. The molecule has 0 saturated carbocycles. The maximum Gasteiger partial charge on any atom is 0.292 e. The lowest BCUT2D eigenvalue weighted by Gasteiger charge is -2.04. The molecule has 0 N–H and O–H groups in total.